The SMILES string of the molecule is CCN(CC)c1ccc(C2=NN(C(C)=O)[C@H](Cn3cnc([N+](=O)[O-])n3)O2)cc1. The number of rotatable bonds is 7. The van der Waals surface area contributed by atoms with Crippen LogP contribution in [0.25, 0.3) is 0 Å². The maximum Gasteiger partial charge on any atom is 0.490 e. The Labute approximate surface area is 161 Å². The van der Waals surface area contributed by atoms with E-state index in [0.29, 0.717) is 5.90 Å². The number of ether oxygens (including phenoxy) is 1. The van der Waals surface area contributed by atoms with Crippen molar-refractivity contribution < 1.29 is 14.5 Å². The minimum absolute atomic E-state index is 0.0605. The molecule has 3 rings (SSSR count). The number of carbonyl (C=O) groups excluding carboxylic acids is 1. The second-order valence-corrected chi connectivity index (χ2v) is 6.08. The maximum atomic E-state index is 11.9. The molecule has 1 aromatic carbocycles. The molecule has 2 heterocycles. The summed E-state index contributed by atoms with van der Waals surface area (Å²) in [6.45, 7) is 7.41. The van der Waals surface area contributed by atoms with E-state index in [1.807, 2.05) is 24.3 Å². The Hall–Kier alpha value is -3.50. The van der Waals surface area contributed by atoms with Crippen LogP contribution in [0.15, 0.2) is 35.7 Å². The molecular formula is C17H21N7O4. The standard InChI is InChI=1S/C17H21N7O4/c1-4-21(5-2)14-8-6-13(7-9-14)16-19-23(12(3)25)15(28-16)10-22-11-18-17(20-22)24(26)27/h6-9,11,15H,4-5,10H2,1-3H3/t15-/m0/s1. The van der Waals surface area contributed by atoms with Crippen LogP contribution in [0.1, 0.15) is 26.3 Å². The molecule has 0 radical (unpaired) electrons. The zero-order chi connectivity index (χ0) is 20.3. The molecule has 1 aliphatic rings. The highest BCUT2D eigenvalue weighted by Crippen LogP contribution is 2.21. The molecule has 0 N–H and O–H groups in total. The lowest BCUT2D eigenvalue weighted by Gasteiger charge is -2.21. The molecule has 1 aromatic heterocycles. The van der Waals surface area contributed by atoms with Gasteiger partial charge in [0.2, 0.25) is 24.4 Å². The van der Waals surface area contributed by atoms with E-state index in [-0.39, 0.29) is 12.5 Å². The number of hydrogen-bond donors (Lipinski definition) is 0. The van der Waals surface area contributed by atoms with Crippen molar-refractivity contribution in [2.24, 2.45) is 5.10 Å². The van der Waals surface area contributed by atoms with Crippen LogP contribution >= 0.6 is 0 Å². The molecule has 0 fully saturated rings. The number of nitrogens with zero attached hydrogens (tertiary/aromatic N) is 7. The van der Waals surface area contributed by atoms with Crippen molar-refractivity contribution in [2.75, 3.05) is 18.0 Å². The average Bonchev–Trinajstić information content (AvgIpc) is 3.31. The van der Waals surface area contributed by atoms with Gasteiger partial charge in [-0.2, -0.15) is 9.69 Å². The van der Waals surface area contributed by atoms with Gasteiger partial charge in [-0.3, -0.25) is 4.79 Å². The molecule has 1 aliphatic heterocycles. The van der Waals surface area contributed by atoms with E-state index in [2.05, 4.69) is 33.9 Å². The van der Waals surface area contributed by atoms with Crippen LogP contribution in [-0.4, -0.2) is 55.8 Å². The van der Waals surface area contributed by atoms with E-state index < -0.39 is 17.1 Å². The highest BCUT2D eigenvalue weighted by Gasteiger charge is 2.33. The fourth-order valence-corrected chi connectivity index (χ4v) is 2.90. The summed E-state index contributed by atoms with van der Waals surface area (Å²) in [6, 6.07) is 7.71. The quantitative estimate of drug-likeness (QED) is 0.523. The molecule has 0 spiro atoms. The zero-order valence-corrected chi connectivity index (χ0v) is 15.8. The van der Waals surface area contributed by atoms with Gasteiger partial charge in [-0.05, 0) is 43.0 Å². The zero-order valence-electron chi connectivity index (χ0n) is 15.8. The minimum atomic E-state index is -0.767. The van der Waals surface area contributed by atoms with E-state index >= 15 is 0 Å². The van der Waals surface area contributed by atoms with Gasteiger partial charge in [0.25, 0.3) is 0 Å². The van der Waals surface area contributed by atoms with Crippen LogP contribution in [0.2, 0.25) is 0 Å². The number of hydrazone groups is 1. The van der Waals surface area contributed by atoms with Crippen molar-refractivity contribution in [3.05, 3.63) is 46.3 Å². The van der Waals surface area contributed by atoms with E-state index in [0.717, 1.165) is 24.3 Å². The molecule has 0 unspecified atom stereocenters. The predicted octanol–water partition coefficient (Wildman–Crippen LogP) is 1.60. The second-order valence-electron chi connectivity index (χ2n) is 6.08. The molecule has 0 aliphatic carbocycles. The van der Waals surface area contributed by atoms with E-state index in [4.69, 9.17) is 4.74 Å². The fourth-order valence-electron chi connectivity index (χ4n) is 2.90. The Balaban J connectivity index is 1.77. The van der Waals surface area contributed by atoms with E-state index in [1.54, 1.807) is 0 Å². The van der Waals surface area contributed by atoms with Crippen molar-refractivity contribution in [3.63, 3.8) is 0 Å². The van der Waals surface area contributed by atoms with Gasteiger partial charge < -0.3 is 19.8 Å². The molecule has 2 aromatic rings. The Morgan fingerprint density at radius 3 is 2.50 bits per heavy atom. The summed E-state index contributed by atoms with van der Waals surface area (Å²) < 4.78 is 7.08. The van der Waals surface area contributed by atoms with Gasteiger partial charge in [-0.15, -0.1) is 5.10 Å². The maximum absolute atomic E-state index is 11.9. The second kappa shape index (κ2) is 8.03. The normalized spacial score (nSPS) is 15.9. The summed E-state index contributed by atoms with van der Waals surface area (Å²) in [5, 5.41) is 19.9. The van der Waals surface area contributed by atoms with Gasteiger partial charge in [0.05, 0.1) is 0 Å². The van der Waals surface area contributed by atoms with Crippen molar-refractivity contribution in [1.82, 2.24) is 19.8 Å². The summed E-state index contributed by atoms with van der Waals surface area (Å²) in [7, 11) is 0. The monoisotopic (exact) mass is 387 g/mol. The van der Waals surface area contributed by atoms with E-state index in [1.165, 1.54) is 22.9 Å². The number of amides is 1. The summed E-state index contributed by atoms with van der Waals surface area (Å²) in [4.78, 5) is 27.8. The fraction of sp³-hybridized carbons (Fsp3) is 0.412. The largest absolute Gasteiger partial charge is 0.490 e. The first-order valence-electron chi connectivity index (χ1n) is 8.87. The van der Waals surface area contributed by atoms with Crippen LogP contribution in [0.3, 0.4) is 0 Å². The van der Waals surface area contributed by atoms with Gasteiger partial charge in [0.15, 0.2) is 0 Å². The third-order valence-corrected chi connectivity index (χ3v) is 4.32. The lowest BCUT2D eigenvalue weighted by Crippen LogP contribution is -2.35. The summed E-state index contributed by atoms with van der Waals surface area (Å²) in [5.74, 6) is -0.518. The Kier molecular flexibility index (Phi) is 5.52. The molecule has 0 saturated heterocycles. The van der Waals surface area contributed by atoms with Crippen LogP contribution < -0.4 is 4.90 Å². The minimum Gasteiger partial charge on any atom is -0.448 e. The molecule has 0 bridgehead atoms. The van der Waals surface area contributed by atoms with Crippen LogP contribution in [0, 0.1) is 10.1 Å². The molecule has 28 heavy (non-hydrogen) atoms. The van der Waals surface area contributed by atoms with Crippen LogP contribution in [0.4, 0.5) is 11.6 Å². The Morgan fingerprint density at radius 1 is 1.29 bits per heavy atom. The molecule has 11 nitrogen and oxygen atoms in total. The van der Waals surface area contributed by atoms with Gasteiger partial charge >= 0.3 is 5.95 Å². The predicted molar refractivity (Wildman–Crippen MR) is 101 cm³/mol. The average molecular weight is 387 g/mol. The molecule has 148 valence electrons. The topological polar surface area (TPSA) is 119 Å². The molecule has 1 amide bonds. The summed E-state index contributed by atoms with van der Waals surface area (Å²) >= 11 is 0. The number of anilines is 1. The van der Waals surface area contributed by atoms with Gasteiger partial charge in [0, 0.05) is 36.4 Å². The number of carbonyl (C=O) groups is 1. The van der Waals surface area contributed by atoms with Crippen molar-refractivity contribution in [3.8, 4) is 0 Å². The first-order valence-corrected chi connectivity index (χ1v) is 8.87. The molecule has 0 saturated carbocycles. The van der Waals surface area contributed by atoms with Gasteiger partial charge in [-0.25, -0.2) is 0 Å². The Bertz CT molecular complexity index is 889. The first kappa shape index (κ1) is 19.3. The summed E-state index contributed by atoms with van der Waals surface area (Å²) in [6.07, 6.45) is 0.452. The summed E-state index contributed by atoms with van der Waals surface area (Å²) in [5.41, 5.74) is 1.82. The highest BCUT2D eigenvalue weighted by atomic mass is 16.6. The van der Waals surface area contributed by atoms with Gasteiger partial charge in [-0.1, -0.05) is 4.98 Å². The van der Waals surface area contributed by atoms with Gasteiger partial charge in [0.1, 0.15) is 6.54 Å². The third-order valence-electron chi connectivity index (χ3n) is 4.32. The Morgan fingerprint density at radius 2 is 1.96 bits per heavy atom. The lowest BCUT2D eigenvalue weighted by molar-refractivity contribution is -0.394. The highest BCUT2D eigenvalue weighted by molar-refractivity contribution is 5.96. The van der Waals surface area contributed by atoms with Crippen molar-refractivity contribution in [2.45, 2.75) is 33.5 Å². The molecule has 1 atom stereocenters. The van der Waals surface area contributed by atoms with Crippen LogP contribution in [0.5, 0.6) is 0 Å². The number of nitro groups is 1. The number of benzene rings is 1. The number of hydrogen-bond acceptors (Lipinski definition) is 8. The van der Waals surface area contributed by atoms with Crippen LogP contribution in [-0.2, 0) is 16.1 Å². The number of aromatic nitrogens is 3. The van der Waals surface area contributed by atoms with E-state index in [9.17, 15) is 14.9 Å². The smallest absolute Gasteiger partial charge is 0.448 e. The molecule has 11 heteroatoms. The van der Waals surface area contributed by atoms with Crippen molar-refractivity contribution >= 4 is 23.4 Å². The lowest BCUT2D eigenvalue weighted by atomic mass is 10.2. The third kappa shape index (κ3) is 3.92. The van der Waals surface area contributed by atoms with Crippen molar-refractivity contribution in [1.29, 1.82) is 0 Å². The first-order chi connectivity index (χ1) is 13.4. The molecular weight excluding hydrogens is 366 g/mol.